The van der Waals surface area contributed by atoms with Crippen LogP contribution in [0.2, 0.25) is 0 Å². The smallest absolute Gasteiger partial charge is 0.0898 e. The molecule has 0 aliphatic heterocycles. The fourth-order valence-electron chi connectivity index (χ4n) is 1.51. The van der Waals surface area contributed by atoms with Crippen molar-refractivity contribution in [1.82, 2.24) is 15.0 Å². The topological polar surface area (TPSA) is 30.7 Å². The van der Waals surface area contributed by atoms with Crippen LogP contribution >= 0.6 is 0 Å². The minimum absolute atomic E-state index is 0.274. The second-order valence-electron chi connectivity index (χ2n) is 3.83. The van der Waals surface area contributed by atoms with Crippen molar-refractivity contribution in [2.24, 2.45) is 0 Å². The summed E-state index contributed by atoms with van der Waals surface area (Å²) in [4.78, 5) is 0. The number of halogens is 1. The third kappa shape index (κ3) is 4.91. The lowest BCUT2D eigenvalue weighted by atomic mass is 10.2. The van der Waals surface area contributed by atoms with Gasteiger partial charge in [-0.3, -0.25) is 9.07 Å². The molecule has 0 amide bonds. The van der Waals surface area contributed by atoms with Crippen molar-refractivity contribution in [3.05, 3.63) is 11.9 Å². The predicted molar refractivity (Wildman–Crippen MR) is 58.5 cm³/mol. The Morgan fingerprint density at radius 1 is 1.27 bits per heavy atom. The van der Waals surface area contributed by atoms with E-state index in [-0.39, 0.29) is 6.67 Å². The van der Waals surface area contributed by atoms with Gasteiger partial charge in [-0.2, -0.15) is 0 Å². The minimum Gasteiger partial charge on any atom is -0.252 e. The number of unbranched alkanes of at least 4 members (excludes halogenated alkanes) is 3. The molecule has 1 rings (SSSR count). The van der Waals surface area contributed by atoms with Crippen molar-refractivity contribution >= 4 is 0 Å². The SMILES string of the molecule is CCCCCCn1cc(CCCF)nn1. The quantitative estimate of drug-likeness (QED) is 0.622. The molecule has 0 radical (unpaired) electrons. The van der Waals surface area contributed by atoms with Crippen LogP contribution in [0.15, 0.2) is 6.20 Å². The van der Waals surface area contributed by atoms with Crippen molar-refractivity contribution < 1.29 is 4.39 Å². The van der Waals surface area contributed by atoms with Gasteiger partial charge < -0.3 is 0 Å². The Labute approximate surface area is 90.7 Å². The normalized spacial score (nSPS) is 10.8. The average molecular weight is 213 g/mol. The number of rotatable bonds is 8. The first-order valence-corrected chi connectivity index (χ1v) is 5.81. The maximum absolute atomic E-state index is 11.9. The molecule has 0 unspecified atom stereocenters. The molecule has 86 valence electrons. The summed E-state index contributed by atoms with van der Waals surface area (Å²) < 4.78 is 13.8. The summed E-state index contributed by atoms with van der Waals surface area (Å²) in [5.41, 5.74) is 0.906. The van der Waals surface area contributed by atoms with Gasteiger partial charge in [-0.15, -0.1) is 5.10 Å². The van der Waals surface area contributed by atoms with Crippen LogP contribution in [0, 0.1) is 0 Å². The van der Waals surface area contributed by atoms with Crippen LogP contribution in [0.1, 0.15) is 44.7 Å². The molecule has 1 aromatic heterocycles. The molecule has 0 bridgehead atoms. The van der Waals surface area contributed by atoms with Crippen molar-refractivity contribution in [2.45, 2.75) is 52.0 Å². The van der Waals surface area contributed by atoms with E-state index in [1.807, 2.05) is 10.9 Å². The molecule has 4 heteroatoms. The lowest BCUT2D eigenvalue weighted by Crippen LogP contribution is -1.98. The van der Waals surface area contributed by atoms with Gasteiger partial charge in [0.1, 0.15) is 0 Å². The second-order valence-corrected chi connectivity index (χ2v) is 3.83. The highest BCUT2D eigenvalue weighted by Gasteiger charge is 2.00. The van der Waals surface area contributed by atoms with Gasteiger partial charge in [0.15, 0.2) is 0 Å². The Balaban J connectivity index is 2.20. The average Bonchev–Trinajstić information content (AvgIpc) is 2.69. The van der Waals surface area contributed by atoms with Gasteiger partial charge in [0.2, 0.25) is 0 Å². The molecule has 15 heavy (non-hydrogen) atoms. The molecular formula is C11H20FN3. The number of hydrogen-bond acceptors (Lipinski definition) is 2. The number of hydrogen-bond donors (Lipinski definition) is 0. The summed E-state index contributed by atoms with van der Waals surface area (Å²) in [6.07, 6.45) is 8.11. The molecule has 0 aromatic carbocycles. The second kappa shape index (κ2) is 7.37. The summed E-state index contributed by atoms with van der Waals surface area (Å²) in [7, 11) is 0. The van der Waals surface area contributed by atoms with E-state index < -0.39 is 0 Å². The molecule has 0 atom stereocenters. The van der Waals surface area contributed by atoms with Crippen LogP contribution in [0.25, 0.3) is 0 Å². The number of aromatic nitrogens is 3. The fourth-order valence-corrected chi connectivity index (χ4v) is 1.51. The van der Waals surface area contributed by atoms with E-state index in [1.165, 1.54) is 19.3 Å². The van der Waals surface area contributed by atoms with E-state index in [2.05, 4.69) is 17.2 Å². The lowest BCUT2D eigenvalue weighted by molar-refractivity contribution is 0.471. The van der Waals surface area contributed by atoms with Crippen LogP contribution in [0.4, 0.5) is 4.39 Å². The Morgan fingerprint density at radius 3 is 2.87 bits per heavy atom. The largest absolute Gasteiger partial charge is 0.252 e. The molecule has 0 saturated carbocycles. The predicted octanol–water partition coefficient (Wildman–Crippen LogP) is 2.76. The maximum Gasteiger partial charge on any atom is 0.0898 e. The molecule has 0 spiro atoms. The number of nitrogens with zero attached hydrogens (tertiary/aromatic N) is 3. The van der Waals surface area contributed by atoms with Gasteiger partial charge in [-0.25, -0.2) is 0 Å². The summed E-state index contributed by atoms with van der Waals surface area (Å²) in [6.45, 7) is 2.86. The summed E-state index contributed by atoms with van der Waals surface area (Å²) in [6, 6.07) is 0. The van der Waals surface area contributed by atoms with Gasteiger partial charge in [-0.1, -0.05) is 31.4 Å². The van der Waals surface area contributed by atoms with Crippen molar-refractivity contribution in [3.8, 4) is 0 Å². The Morgan fingerprint density at radius 2 is 2.13 bits per heavy atom. The molecule has 0 N–H and O–H groups in total. The van der Waals surface area contributed by atoms with Crippen LogP contribution in [0.5, 0.6) is 0 Å². The van der Waals surface area contributed by atoms with Crippen LogP contribution < -0.4 is 0 Å². The Bertz CT molecular complexity index is 260. The molecule has 0 aliphatic rings. The summed E-state index contributed by atoms with van der Waals surface area (Å²) >= 11 is 0. The molecular weight excluding hydrogens is 193 g/mol. The van der Waals surface area contributed by atoms with Gasteiger partial charge in [0.05, 0.1) is 12.4 Å². The maximum atomic E-state index is 11.9. The fraction of sp³-hybridized carbons (Fsp3) is 0.818. The standard InChI is InChI=1S/C11H20FN3/c1-2-3-4-5-9-15-10-11(13-14-15)7-6-8-12/h10H,2-9H2,1H3. The van der Waals surface area contributed by atoms with E-state index in [0.29, 0.717) is 12.8 Å². The number of alkyl halides is 1. The highest BCUT2D eigenvalue weighted by atomic mass is 19.1. The van der Waals surface area contributed by atoms with E-state index in [9.17, 15) is 4.39 Å². The van der Waals surface area contributed by atoms with Gasteiger partial charge in [0, 0.05) is 12.7 Å². The lowest BCUT2D eigenvalue weighted by Gasteiger charge is -1.98. The third-order valence-electron chi connectivity index (χ3n) is 2.39. The third-order valence-corrected chi connectivity index (χ3v) is 2.39. The highest BCUT2D eigenvalue weighted by molar-refractivity contribution is 4.91. The highest BCUT2D eigenvalue weighted by Crippen LogP contribution is 2.03. The Kier molecular flexibility index (Phi) is 5.97. The summed E-state index contributed by atoms with van der Waals surface area (Å²) in [5.74, 6) is 0. The zero-order chi connectivity index (χ0) is 10.9. The van der Waals surface area contributed by atoms with Crippen molar-refractivity contribution in [2.75, 3.05) is 6.67 Å². The van der Waals surface area contributed by atoms with Crippen LogP contribution in [-0.2, 0) is 13.0 Å². The molecule has 0 fully saturated rings. The minimum atomic E-state index is -0.274. The van der Waals surface area contributed by atoms with Crippen LogP contribution in [0.3, 0.4) is 0 Å². The van der Waals surface area contributed by atoms with Gasteiger partial charge in [-0.05, 0) is 19.3 Å². The van der Waals surface area contributed by atoms with E-state index in [4.69, 9.17) is 0 Å². The molecule has 1 aromatic rings. The zero-order valence-corrected chi connectivity index (χ0v) is 9.45. The number of aryl methyl sites for hydroxylation is 2. The zero-order valence-electron chi connectivity index (χ0n) is 9.45. The molecule has 1 heterocycles. The van der Waals surface area contributed by atoms with Crippen molar-refractivity contribution in [1.29, 1.82) is 0 Å². The van der Waals surface area contributed by atoms with Gasteiger partial charge in [0.25, 0.3) is 0 Å². The van der Waals surface area contributed by atoms with E-state index in [0.717, 1.165) is 18.7 Å². The first-order chi connectivity index (χ1) is 7.36. The molecule has 3 nitrogen and oxygen atoms in total. The monoisotopic (exact) mass is 213 g/mol. The first kappa shape index (κ1) is 12.1. The van der Waals surface area contributed by atoms with E-state index >= 15 is 0 Å². The van der Waals surface area contributed by atoms with Crippen LogP contribution in [-0.4, -0.2) is 21.7 Å². The Hall–Kier alpha value is -0.930. The first-order valence-electron chi connectivity index (χ1n) is 5.81. The summed E-state index contributed by atoms with van der Waals surface area (Å²) in [5, 5.41) is 8.01. The molecule has 0 saturated heterocycles. The van der Waals surface area contributed by atoms with Gasteiger partial charge >= 0.3 is 0 Å². The molecule has 0 aliphatic carbocycles. The van der Waals surface area contributed by atoms with E-state index in [1.54, 1.807) is 0 Å². The van der Waals surface area contributed by atoms with Crippen molar-refractivity contribution in [3.63, 3.8) is 0 Å².